The molecule has 1 aromatic rings. The van der Waals surface area contributed by atoms with E-state index in [1.165, 1.54) is 30.5 Å². The third kappa shape index (κ3) is 4.62. The molecule has 33 heavy (non-hydrogen) atoms. The normalized spacial score (nSPS) is 37.7. The first-order valence-electron chi connectivity index (χ1n) is 10.4. The molecule has 11 heteroatoms. The van der Waals surface area contributed by atoms with Gasteiger partial charge < -0.3 is 49.6 Å². The van der Waals surface area contributed by atoms with Crippen LogP contribution >= 0.6 is 0 Å². The highest BCUT2D eigenvalue weighted by atomic mass is 16.8. The minimum atomic E-state index is -1.62. The Kier molecular flexibility index (Phi) is 7.00. The van der Waals surface area contributed by atoms with E-state index < -0.39 is 67.5 Å². The van der Waals surface area contributed by atoms with Crippen molar-refractivity contribution in [3.05, 3.63) is 53.8 Å². The largest absolute Gasteiger partial charge is 0.508 e. The maximum atomic E-state index is 12.5. The Morgan fingerprint density at radius 2 is 1.73 bits per heavy atom. The van der Waals surface area contributed by atoms with Crippen molar-refractivity contribution in [1.29, 1.82) is 0 Å². The number of phenols is 1. The van der Waals surface area contributed by atoms with Crippen LogP contribution < -0.4 is 0 Å². The third-order valence-electron chi connectivity index (χ3n) is 6.05. The molecular weight excluding hydrogens is 440 g/mol. The van der Waals surface area contributed by atoms with Crippen molar-refractivity contribution in [2.45, 2.75) is 43.1 Å². The number of phenolic OH excluding ortho intramolecular Hbond substituents is 1. The summed E-state index contributed by atoms with van der Waals surface area (Å²) in [5.74, 6) is -1.68. The van der Waals surface area contributed by atoms with Crippen molar-refractivity contribution >= 4 is 5.97 Å². The quantitative estimate of drug-likeness (QED) is 0.219. The van der Waals surface area contributed by atoms with E-state index in [1.54, 1.807) is 12.2 Å². The second-order valence-corrected chi connectivity index (χ2v) is 8.09. The summed E-state index contributed by atoms with van der Waals surface area (Å²) in [6.45, 7) is -0.987. The Morgan fingerprint density at radius 1 is 1.00 bits per heavy atom. The number of esters is 1. The Balaban J connectivity index is 1.49. The van der Waals surface area contributed by atoms with Gasteiger partial charge in [0.2, 0.25) is 6.29 Å². The fraction of sp³-hybridized carbons (Fsp3) is 0.500. The second kappa shape index (κ2) is 9.77. The molecule has 3 aliphatic rings. The second-order valence-electron chi connectivity index (χ2n) is 8.09. The van der Waals surface area contributed by atoms with E-state index in [9.17, 15) is 35.4 Å². The van der Waals surface area contributed by atoms with Crippen LogP contribution in [0.4, 0.5) is 0 Å². The van der Waals surface area contributed by atoms with Crippen LogP contribution in [0.3, 0.4) is 0 Å². The van der Waals surface area contributed by atoms with Crippen molar-refractivity contribution in [3.63, 3.8) is 0 Å². The molecule has 1 fully saturated rings. The lowest BCUT2D eigenvalue weighted by atomic mass is 9.88. The molecule has 1 aromatic carbocycles. The lowest BCUT2D eigenvalue weighted by Crippen LogP contribution is -2.60. The van der Waals surface area contributed by atoms with Gasteiger partial charge in [-0.3, -0.25) is 0 Å². The molecule has 4 rings (SSSR count). The Morgan fingerprint density at radius 3 is 2.39 bits per heavy atom. The molecule has 1 aliphatic carbocycles. The van der Waals surface area contributed by atoms with Gasteiger partial charge in [-0.15, -0.1) is 0 Å². The van der Waals surface area contributed by atoms with Gasteiger partial charge in [0.1, 0.15) is 36.3 Å². The van der Waals surface area contributed by atoms with Gasteiger partial charge in [-0.1, -0.05) is 0 Å². The average molecular weight is 466 g/mol. The molecule has 180 valence electrons. The van der Waals surface area contributed by atoms with Crippen molar-refractivity contribution in [3.8, 4) is 5.75 Å². The highest BCUT2D eigenvalue weighted by Crippen LogP contribution is 2.42. The Hall–Kier alpha value is -2.51. The molecule has 0 saturated carbocycles. The predicted molar refractivity (Wildman–Crippen MR) is 108 cm³/mol. The molecule has 9 atom stereocenters. The molecule has 0 bridgehead atoms. The van der Waals surface area contributed by atoms with Crippen LogP contribution in [0.15, 0.2) is 48.3 Å². The number of aromatic hydroxyl groups is 1. The monoisotopic (exact) mass is 466 g/mol. The van der Waals surface area contributed by atoms with Crippen LogP contribution in [-0.2, 0) is 18.9 Å². The van der Waals surface area contributed by atoms with E-state index in [0.717, 1.165) is 0 Å². The zero-order valence-electron chi connectivity index (χ0n) is 17.4. The molecule has 6 N–H and O–H groups in total. The van der Waals surface area contributed by atoms with Gasteiger partial charge in [0.15, 0.2) is 6.29 Å². The number of benzene rings is 1. The summed E-state index contributed by atoms with van der Waals surface area (Å²) >= 11 is 0. The molecule has 2 heterocycles. The topological polar surface area (TPSA) is 175 Å². The first-order valence-corrected chi connectivity index (χ1v) is 10.4. The summed E-state index contributed by atoms with van der Waals surface area (Å²) in [5.41, 5.74) is 0.711. The van der Waals surface area contributed by atoms with E-state index in [2.05, 4.69) is 0 Å². The number of fused-ring (bicyclic) bond motifs is 1. The highest BCUT2D eigenvalue weighted by Gasteiger charge is 2.50. The number of hydrogen-bond donors (Lipinski definition) is 6. The van der Waals surface area contributed by atoms with Crippen molar-refractivity contribution in [2.75, 3.05) is 13.2 Å². The zero-order chi connectivity index (χ0) is 23.7. The van der Waals surface area contributed by atoms with Crippen LogP contribution in [-0.4, -0.2) is 92.9 Å². The minimum Gasteiger partial charge on any atom is -0.508 e. The van der Waals surface area contributed by atoms with Crippen molar-refractivity contribution in [2.24, 2.45) is 11.8 Å². The SMILES string of the molecule is O=C(O[C@@H]1C=C(CO)[C@@H]2[C@@H](O[C@H]3O[C@@H](CO)[C@@H](O)[C@@H](O)[C@H]3O)OC=C[C@@H]21)c1ccc(O)cc1. The molecule has 0 radical (unpaired) electrons. The summed E-state index contributed by atoms with van der Waals surface area (Å²) in [6.07, 6.45) is -4.61. The molecule has 1 saturated heterocycles. The Labute approximate surface area is 188 Å². The molecule has 2 aliphatic heterocycles. The predicted octanol–water partition coefficient (Wildman–Crippen LogP) is -1.23. The van der Waals surface area contributed by atoms with Gasteiger partial charge >= 0.3 is 5.97 Å². The zero-order valence-corrected chi connectivity index (χ0v) is 17.4. The van der Waals surface area contributed by atoms with Gasteiger partial charge in [-0.05, 0) is 42.0 Å². The fourth-order valence-electron chi connectivity index (χ4n) is 4.26. The van der Waals surface area contributed by atoms with Gasteiger partial charge in [0.25, 0.3) is 0 Å². The van der Waals surface area contributed by atoms with Crippen LogP contribution in [0, 0.1) is 11.8 Å². The number of hydrogen-bond acceptors (Lipinski definition) is 11. The lowest BCUT2D eigenvalue weighted by Gasteiger charge is -2.42. The van der Waals surface area contributed by atoms with E-state index in [-0.39, 0.29) is 17.9 Å². The van der Waals surface area contributed by atoms with Gasteiger partial charge in [-0.25, -0.2) is 4.79 Å². The number of carbonyl (C=O) groups excluding carboxylic acids is 1. The van der Waals surface area contributed by atoms with Crippen LogP contribution in [0.1, 0.15) is 10.4 Å². The molecule has 11 nitrogen and oxygen atoms in total. The first kappa shape index (κ1) is 23.6. The summed E-state index contributed by atoms with van der Waals surface area (Å²) in [5, 5.41) is 58.8. The van der Waals surface area contributed by atoms with Crippen LogP contribution in [0.25, 0.3) is 0 Å². The van der Waals surface area contributed by atoms with Gasteiger partial charge in [0, 0.05) is 5.92 Å². The molecular formula is C22H26O11. The molecule has 0 amide bonds. The number of aliphatic hydroxyl groups is 5. The molecule has 0 unspecified atom stereocenters. The Bertz CT molecular complexity index is 896. The number of carbonyl (C=O) groups is 1. The van der Waals surface area contributed by atoms with E-state index >= 15 is 0 Å². The molecule has 0 spiro atoms. The van der Waals surface area contributed by atoms with Crippen LogP contribution in [0.5, 0.6) is 5.75 Å². The van der Waals surface area contributed by atoms with Crippen molar-refractivity contribution in [1.82, 2.24) is 0 Å². The smallest absolute Gasteiger partial charge is 0.338 e. The minimum absolute atomic E-state index is 0.00971. The van der Waals surface area contributed by atoms with Crippen molar-refractivity contribution < 1.29 is 54.4 Å². The summed E-state index contributed by atoms with van der Waals surface area (Å²) < 4.78 is 22.3. The standard InChI is InChI=1S/C22H26O11/c23-8-11-7-14(31-20(29)10-1-3-12(25)4-2-10)13-5-6-30-21(16(11)13)33-22-19(28)18(27)17(26)15(9-24)32-22/h1-7,13-19,21-28H,8-9H2/t13-,14-,15+,16+,17-,18-,19-,21-,22-/m1/s1. The van der Waals surface area contributed by atoms with Gasteiger partial charge in [0.05, 0.1) is 31.0 Å². The highest BCUT2D eigenvalue weighted by molar-refractivity contribution is 5.89. The summed E-state index contributed by atoms with van der Waals surface area (Å²) in [7, 11) is 0. The first-order chi connectivity index (χ1) is 15.8. The van der Waals surface area contributed by atoms with E-state index in [0.29, 0.717) is 5.57 Å². The van der Waals surface area contributed by atoms with Gasteiger partial charge in [-0.2, -0.15) is 0 Å². The summed E-state index contributed by atoms with van der Waals surface area (Å²) in [6, 6.07) is 5.57. The van der Waals surface area contributed by atoms with E-state index in [4.69, 9.17) is 18.9 Å². The molecule has 0 aromatic heterocycles. The number of ether oxygens (including phenoxy) is 4. The van der Waals surface area contributed by atoms with E-state index in [1.807, 2.05) is 0 Å². The third-order valence-corrected chi connectivity index (χ3v) is 6.05. The van der Waals surface area contributed by atoms with Crippen LogP contribution in [0.2, 0.25) is 0 Å². The maximum Gasteiger partial charge on any atom is 0.338 e. The number of aliphatic hydroxyl groups excluding tert-OH is 5. The fourth-order valence-corrected chi connectivity index (χ4v) is 4.26. The maximum absolute atomic E-state index is 12.5. The number of rotatable bonds is 6. The lowest BCUT2D eigenvalue weighted by molar-refractivity contribution is -0.339. The average Bonchev–Trinajstić information content (AvgIpc) is 3.18. The summed E-state index contributed by atoms with van der Waals surface area (Å²) in [4.78, 5) is 12.5.